The Morgan fingerprint density at radius 3 is 2.10 bits per heavy atom. The third-order valence-electron chi connectivity index (χ3n) is 6.88. The van der Waals surface area contributed by atoms with Crippen LogP contribution >= 0.6 is 0 Å². The fourth-order valence-corrected chi connectivity index (χ4v) is 4.86. The van der Waals surface area contributed by atoms with Crippen LogP contribution in [0.1, 0.15) is 72.7 Å². The zero-order valence-electron chi connectivity index (χ0n) is 24.8. The summed E-state index contributed by atoms with van der Waals surface area (Å²) < 4.78 is 0. The molecule has 2 heteroatoms. The first kappa shape index (κ1) is 30.1. The molecule has 0 fully saturated rings. The molecule has 1 N–H and O–H groups in total. The third kappa shape index (κ3) is 6.76. The fourth-order valence-electron chi connectivity index (χ4n) is 4.86. The molecule has 0 saturated carbocycles. The van der Waals surface area contributed by atoms with Crippen molar-refractivity contribution >= 4 is 22.8 Å². The van der Waals surface area contributed by atoms with Gasteiger partial charge < -0.3 is 5.32 Å². The van der Waals surface area contributed by atoms with Gasteiger partial charge in [0.15, 0.2) is 0 Å². The largest absolute Gasteiger partial charge is 0.380 e. The molecule has 1 unspecified atom stereocenters. The van der Waals surface area contributed by atoms with Crippen LogP contribution in [-0.4, -0.2) is 4.98 Å². The number of aryl methyl sites for hydroxylation is 2. The van der Waals surface area contributed by atoms with Gasteiger partial charge in [-0.2, -0.15) is 0 Å². The van der Waals surface area contributed by atoms with Gasteiger partial charge in [-0.15, -0.1) is 0 Å². The SMILES string of the molecule is C=CC1=C(/C=C\C)c2ccc(C)c(/C=C\C)c2C1=C.CC.Cc1ccc(C2=CNC(c3ccncc3)C=C2)cc1. The monoisotopic (exact) mass is 526 g/mol. The van der Waals surface area contributed by atoms with E-state index in [1.807, 2.05) is 58.3 Å². The van der Waals surface area contributed by atoms with Gasteiger partial charge in [0.1, 0.15) is 0 Å². The first-order valence-electron chi connectivity index (χ1n) is 14.1. The number of fused-ring (bicyclic) bond motifs is 1. The fraction of sp³-hybridized carbons (Fsp3) is 0.184. The molecule has 3 aromatic rings. The molecule has 0 spiro atoms. The van der Waals surface area contributed by atoms with Crippen molar-refractivity contribution in [2.45, 2.75) is 47.6 Å². The third-order valence-corrected chi connectivity index (χ3v) is 6.88. The van der Waals surface area contributed by atoms with E-state index in [1.54, 1.807) is 0 Å². The summed E-state index contributed by atoms with van der Waals surface area (Å²) in [6, 6.07) is 17.3. The molecule has 5 rings (SSSR count). The van der Waals surface area contributed by atoms with Crippen molar-refractivity contribution in [2.75, 3.05) is 0 Å². The standard InChI is InChI=1S/C19H20.C17H16N2.C2H6/c1-6-9-16-13(4)11-12-18-17(10-7-2)15(8-3)14(5)19(16)18;1-13-2-4-14(5-3-13)16-6-7-17(19-12-16)15-8-10-18-11-9-15;1-2/h6-12H,3,5H2,1-2,4H3;2-12,17,19H,1H3;1-2H3/b9-6-,10-7-;;. The zero-order valence-corrected chi connectivity index (χ0v) is 24.8. The molecule has 40 heavy (non-hydrogen) atoms. The molecular formula is C38H42N2. The maximum absolute atomic E-state index is 4.27. The highest BCUT2D eigenvalue weighted by Gasteiger charge is 2.24. The van der Waals surface area contributed by atoms with E-state index in [0.717, 1.165) is 11.1 Å². The quantitative estimate of drug-likeness (QED) is 0.358. The number of rotatable bonds is 5. The molecule has 1 aliphatic carbocycles. The second-order valence-electron chi connectivity index (χ2n) is 9.48. The summed E-state index contributed by atoms with van der Waals surface area (Å²) >= 11 is 0. The molecule has 0 amide bonds. The van der Waals surface area contributed by atoms with Crippen LogP contribution in [0.3, 0.4) is 0 Å². The van der Waals surface area contributed by atoms with Gasteiger partial charge in [-0.3, -0.25) is 4.98 Å². The summed E-state index contributed by atoms with van der Waals surface area (Å²) in [5.41, 5.74) is 13.5. The van der Waals surface area contributed by atoms with Gasteiger partial charge in [-0.25, -0.2) is 0 Å². The van der Waals surface area contributed by atoms with E-state index in [9.17, 15) is 0 Å². The number of nitrogens with zero attached hydrogens (tertiary/aromatic N) is 1. The number of nitrogens with one attached hydrogen (secondary N) is 1. The van der Waals surface area contributed by atoms with Crippen molar-refractivity contribution in [3.8, 4) is 0 Å². The van der Waals surface area contributed by atoms with E-state index in [1.165, 1.54) is 50.1 Å². The average Bonchev–Trinajstić information content (AvgIpc) is 3.27. The number of dihydropyridines is 1. The number of hydrogen-bond donors (Lipinski definition) is 1. The van der Waals surface area contributed by atoms with Gasteiger partial charge in [0, 0.05) is 18.6 Å². The highest BCUT2D eigenvalue weighted by Crippen LogP contribution is 2.44. The molecule has 0 radical (unpaired) electrons. The van der Waals surface area contributed by atoms with Crippen molar-refractivity contribution in [3.63, 3.8) is 0 Å². The highest BCUT2D eigenvalue weighted by molar-refractivity contribution is 6.06. The van der Waals surface area contributed by atoms with Crippen LogP contribution in [0.4, 0.5) is 0 Å². The van der Waals surface area contributed by atoms with Crippen LogP contribution < -0.4 is 5.32 Å². The Labute approximate surface area is 241 Å². The van der Waals surface area contributed by atoms with Crippen LogP contribution in [0.2, 0.25) is 0 Å². The Morgan fingerprint density at radius 1 is 0.850 bits per heavy atom. The predicted octanol–water partition coefficient (Wildman–Crippen LogP) is 10.2. The smallest absolute Gasteiger partial charge is 0.0697 e. The van der Waals surface area contributed by atoms with Crippen LogP contribution in [0.5, 0.6) is 0 Å². The minimum absolute atomic E-state index is 0.234. The molecule has 2 aromatic carbocycles. The first-order chi connectivity index (χ1) is 19.5. The van der Waals surface area contributed by atoms with Gasteiger partial charge in [-0.1, -0.05) is 111 Å². The summed E-state index contributed by atoms with van der Waals surface area (Å²) in [6.45, 7) is 20.5. The van der Waals surface area contributed by atoms with Gasteiger partial charge >= 0.3 is 0 Å². The second-order valence-corrected chi connectivity index (χ2v) is 9.48. The Bertz CT molecular complexity index is 1480. The van der Waals surface area contributed by atoms with Crippen LogP contribution in [0.25, 0.3) is 22.8 Å². The van der Waals surface area contributed by atoms with E-state index in [4.69, 9.17) is 0 Å². The van der Waals surface area contributed by atoms with Crippen LogP contribution in [0, 0.1) is 13.8 Å². The molecule has 204 valence electrons. The topological polar surface area (TPSA) is 24.9 Å². The highest BCUT2D eigenvalue weighted by atomic mass is 14.9. The lowest BCUT2D eigenvalue weighted by molar-refractivity contribution is 0.748. The summed E-state index contributed by atoms with van der Waals surface area (Å²) in [5, 5.41) is 3.42. The lowest BCUT2D eigenvalue weighted by atomic mass is 9.93. The number of pyridine rings is 1. The van der Waals surface area contributed by atoms with E-state index < -0.39 is 0 Å². The Hall–Kier alpha value is -4.43. The normalized spacial score (nSPS) is 15.6. The Morgan fingerprint density at radius 2 is 1.52 bits per heavy atom. The number of aromatic nitrogens is 1. The molecular weight excluding hydrogens is 484 g/mol. The number of benzene rings is 2. The molecule has 1 aromatic heterocycles. The Kier molecular flexibility index (Phi) is 11.0. The van der Waals surface area contributed by atoms with Crippen molar-refractivity contribution < 1.29 is 0 Å². The minimum Gasteiger partial charge on any atom is -0.380 e. The molecule has 2 aliphatic rings. The lowest BCUT2D eigenvalue weighted by Crippen LogP contribution is -2.16. The Balaban J connectivity index is 0.000000208. The van der Waals surface area contributed by atoms with Crippen molar-refractivity contribution in [3.05, 3.63) is 161 Å². The van der Waals surface area contributed by atoms with Crippen molar-refractivity contribution in [2.24, 2.45) is 0 Å². The van der Waals surface area contributed by atoms with E-state index in [-0.39, 0.29) is 6.04 Å². The molecule has 0 bridgehead atoms. The maximum atomic E-state index is 4.27. The molecule has 2 nitrogen and oxygen atoms in total. The van der Waals surface area contributed by atoms with Crippen LogP contribution in [0.15, 0.2) is 122 Å². The van der Waals surface area contributed by atoms with Crippen molar-refractivity contribution in [1.82, 2.24) is 10.3 Å². The molecule has 0 saturated heterocycles. The van der Waals surface area contributed by atoms with E-state index in [0.29, 0.717) is 0 Å². The summed E-state index contributed by atoms with van der Waals surface area (Å²) in [6.07, 6.45) is 20.4. The minimum atomic E-state index is 0.234. The van der Waals surface area contributed by atoms with Gasteiger partial charge in [0.25, 0.3) is 0 Å². The summed E-state index contributed by atoms with van der Waals surface area (Å²) in [4.78, 5) is 4.04. The zero-order chi connectivity index (χ0) is 29.1. The van der Waals surface area contributed by atoms with Gasteiger partial charge in [0.2, 0.25) is 0 Å². The second kappa shape index (κ2) is 14.6. The average molecular weight is 527 g/mol. The maximum Gasteiger partial charge on any atom is 0.0697 e. The molecule has 1 atom stereocenters. The predicted molar refractivity (Wildman–Crippen MR) is 177 cm³/mol. The number of allylic oxidation sites excluding steroid dienone is 9. The van der Waals surface area contributed by atoms with Crippen molar-refractivity contribution in [1.29, 1.82) is 0 Å². The summed E-state index contributed by atoms with van der Waals surface area (Å²) in [7, 11) is 0. The lowest BCUT2D eigenvalue weighted by Gasteiger charge is -2.19. The molecule has 2 heterocycles. The van der Waals surface area contributed by atoms with E-state index >= 15 is 0 Å². The summed E-state index contributed by atoms with van der Waals surface area (Å²) in [5.74, 6) is 0. The van der Waals surface area contributed by atoms with Gasteiger partial charge in [-0.05, 0) is 95.5 Å². The van der Waals surface area contributed by atoms with Crippen LogP contribution in [-0.2, 0) is 0 Å². The number of hydrogen-bond acceptors (Lipinski definition) is 2. The van der Waals surface area contributed by atoms with Gasteiger partial charge in [0.05, 0.1) is 6.04 Å². The molecule has 1 aliphatic heterocycles. The van der Waals surface area contributed by atoms with E-state index in [2.05, 4.69) is 116 Å². The first-order valence-corrected chi connectivity index (χ1v) is 14.1.